The fourth-order valence-corrected chi connectivity index (χ4v) is 8.37. The second-order valence-corrected chi connectivity index (χ2v) is 15.9. The molecule has 0 saturated carbocycles. The predicted molar refractivity (Wildman–Crippen MR) is 217 cm³/mol. The van der Waals surface area contributed by atoms with Gasteiger partial charge >= 0.3 is 24.5 Å². The van der Waals surface area contributed by atoms with Crippen molar-refractivity contribution >= 4 is 28.7 Å². The quantitative estimate of drug-likeness (QED) is 0.0397. The monoisotopic (exact) mass is 990 g/mol. The van der Waals surface area contributed by atoms with Crippen molar-refractivity contribution < 1.29 is 88.1 Å². The molecule has 27 heteroatoms. The van der Waals surface area contributed by atoms with E-state index in [1.807, 2.05) is 0 Å². The Kier molecular flexibility index (Phi) is 14.5. The van der Waals surface area contributed by atoms with Crippen LogP contribution in [0.5, 0.6) is 23.0 Å². The summed E-state index contributed by atoms with van der Waals surface area (Å²) in [6, 6.07) is 6.79. The number of alkyl halides is 9. The standard InChI is InChI=1S/C42H35F9N4O14/c43-40(44,45)4-1-7-66-36-24-10-22-12-27(52(58)59)13-23(35(22)69-21-34(56)57)11-25-15-29(54(62)63)18-32(37(25)67-8-2-5-41(46,47)48)39(31(36)17-28(14-24)53(60)61)20-26-16-30(55(64)65)19-33(39)38(26)68-9-3-6-42(49,50)51/h12-19H,1-11,20-21H2,(H,56,57). The van der Waals surface area contributed by atoms with Crippen LogP contribution in [0.25, 0.3) is 0 Å². The normalized spacial score (nSPS) is 13.8. The fourth-order valence-electron chi connectivity index (χ4n) is 8.37. The van der Waals surface area contributed by atoms with E-state index in [1.165, 1.54) is 0 Å². The summed E-state index contributed by atoms with van der Waals surface area (Å²) < 4.78 is 145. The number of carboxylic acid groups (broad SMARTS) is 1. The molecular weight excluding hydrogens is 955 g/mol. The number of hydrogen-bond donors (Lipinski definition) is 1. The zero-order chi connectivity index (χ0) is 50.8. The molecule has 0 fully saturated rings. The summed E-state index contributed by atoms with van der Waals surface area (Å²) in [5.74, 6) is -3.59. The SMILES string of the molecule is O=C(O)COc1c2cc([N+](=O)[O-])cc1Cc1cc([N+](=O)[O-])cc(c1OCCCC(F)(F)F)C1(Cc3cc([N+](=O)[O-])cc1c3OCCCC(F)(F)F)c1cc([N+](=O)[O-])cc(c1OCCCC(F)(F)F)C2. The number of carbonyl (C=O) groups is 1. The number of fused-ring (bicyclic) bond motifs is 11. The maximum absolute atomic E-state index is 13.5. The summed E-state index contributed by atoms with van der Waals surface area (Å²) in [5, 5.41) is 60.4. The Morgan fingerprint density at radius 1 is 0.493 bits per heavy atom. The van der Waals surface area contributed by atoms with E-state index in [4.69, 9.17) is 18.9 Å². The van der Waals surface area contributed by atoms with Crippen molar-refractivity contribution in [1.82, 2.24) is 0 Å². The smallest absolute Gasteiger partial charge is 0.389 e. The second-order valence-electron chi connectivity index (χ2n) is 15.9. The number of rotatable bonds is 19. The molecule has 0 saturated heterocycles. The van der Waals surface area contributed by atoms with Gasteiger partial charge in [0.1, 0.15) is 23.0 Å². The first-order valence-corrected chi connectivity index (χ1v) is 20.4. The lowest BCUT2D eigenvalue weighted by molar-refractivity contribution is -0.385. The molecule has 1 spiro atoms. The van der Waals surface area contributed by atoms with Crippen LogP contribution in [0.3, 0.4) is 0 Å². The molecule has 370 valence electrons. The third kappa shape index (κ3) is 11.8. The highest BCUT2D eigenvalue weighted by molar-refractivity contribution is 5.75. The van der Waals surface area contributed by atoms with E-state index in [2.05, 4.69) is 0 Å². The van der Waals surface area contributed by atoms with Gasteiger partial charge in [-0.3, -0.25) is 40.5 Å². The molecule has 0 radical (unpaired) electrons. The number of carboxylic acids is 1. The van der Waals surface area contributed by atoms with E-state index in [9.17, 15) is 89.9 Å². The summed E-state index contributed by atoms with van der Waals surface area (Å²) in [4.78, 5) is 58.9. The summed E-state index contributed by atoms with van der Waals surface area (Å²) in [6.45, 7) is -3.62. The molecule has 0 amide bonds. The summed E-state index contributed by atoms with van der Waals surface area (Å²) >= 11 is 0. The Bertz CT molecular complexity index is 2590. The maximum Gasteiger partial charge on any atom is 0.389 e. The lowest BCUT2D eigenvalue weighted by atomic mass is 9.68. The molecule has 8 bridgehead atoms. The molecule has 0 aromatic heterocycles. The van der Waals surface area contributed by atoms with E-state index in [0.29, 0.717) is 0 Å². The van der Waals surface area contributed by atoms with Crippen LogP contribution in [0.15, 0.2) is 48.5 Å². The van der Waals surface area contributed by atoms with E-state index < -0.39 is 191 Å². The highest BCUT2D eigenvalue weighted by Gasteiger charge is 2.52. The van der Waals surface area contributed by atoms with Crippen LogP contribution in [0.2, 0.25) is 0 Å². The number of hydrogen-bond acceptors (Lipinski definition) is 13. The van der Waals surface area contributed by atoms with Crippen LogP contribution in [-0.4, -0.2) is 75.7 Å². The van der Waals surface area contributed by atoms with E-state index >= 15 is 0 Å². The predicted octanol–water partition coefficient (Wildman–Crippen LogP) is 10.3. The van der Waals surface area contributed by atoms with Gasteiger partial charge in [0.15, 0.2) is 6.61 Å². The van der Waals surface area contributed by atoms with Gasteiger partial charge in [-0.2, -0.15) is 39.5 Å². The number of benzene rings is 4. The number of halogens is 9. The number of non-ortho nitro benzene ring substituents is 4. The Morgan fingerprint density at radius 3 is 1.09 bits per heavy atom. The molecular formula is C42H35F9N4O14. The van der Waals surface area contributed by atoms with Crippen molar-refractivity contribution in [3.63, 3.8) is 0 Å². The first kappa shape index (κ1) is 50.9. The molecule has 6 rings (SSSR count). The first-order valence-electron chi connectivity index (χ1n) is 20.4. The van der Waals surface area contributed by atoms with Crippen molar-refractivity contribution in [3.05, 3.63) is 133 Å². The van der Waals surface area contributed by atoms with Gasteiger partial charge in [-0.1, -0.05) is 0 Å². The third-order valence-corrected chi connectivity index (χ3v) is 11.0. The third-order valence-electron chi connectivity index (χ3n) is 11.0. The minimum atomic E-state index is -4.77. The summed E-state index contributed by atoms with van der Waals surface area (Å²) in [7, 11) is 0. The fraction of sp³-hybridized carbons (Fsp3) is 0.405. The zero-order valence-electron chi connectivity index (χ0n) is 35.3. The summed E-state index contributed by atoms with van der Waals surface area (Å²) in [6.07, 6.45) is -23.0. The van der Waals surface area contributed by atoms with Crippen molar-refractivity contribution in [2.45, 2.75) is 81.7 Å². The first-order chi connectivity index (χ1) is 32.2. The van der Waals surface area contributed by atoms with Crippen molar-refractivity contribution in [2.75, 3.05) is 26.4 Å². The second kappa shape index (κ2) is 19.6. The van der Waals surface area contributed by atoms with Crippen molar-refractivity contribution in [2.24, 2.45) is 0 Å². The molecule has 0 heterocycles. The molecule has 0 unspecified atom stereocenters. The molecule has 2 aliphatic carbocycles. The van der Waals surface area contributed by atoms with E-state index in [-0.39, 0.29) is 33.6 Å². The lowest BCUT2D eigenvalue weighted by Crippen LogP contribution is -2.31. The molecule has 4 aromatic carbocycles. The van der Waals surface area contributed by atoms with Gasteiger partial charge in [-0.05, 0) is 25.7 Å². The molecule has 0 aliphatic heterocycles. The van der Waals surface area contributed by atoms with Crippen LogP contribution < -0.4 is 18.9 Å². The number of nitro benzene ring substituents is 4. The van der Waals surface area contributed by atoms with Crippen molar-refractivity contribution in [1.29, 1.82) is 0 Å². The number of aliphatic carboxylic acids is 1. The van der Waals surface area contributed by atoms with Crippen LogP contribution in [-0.2, 0) is 29.5 Å². The van der Waals surface area contributed by atoms with E-state index in [1.54, 1.807) is 0 Å². The van der Waals surface area contributed by atoms with Crippen molar-refractivity contribution in [3.8, 4) is 23.0 Å². The Morgan fingerprint density at radius 2 is 0.783 bits per heavy atom. The highest BCUT2D eigenvalue weighted by atomic mass is 19.4. The largest absolute Gasteiger partial charge is 0.493 e. The minimum absolute atomic E-state index is 0.198. The lowest BCUT2D eigenvalue weighted by Gasteiger charge is -2.36. The maximum atomic E-state index is 13.5. The number of nitro groups is 4. The zero-order valence-corrected chi connectivity index (χ0v) is 35.3. The van der Waals surface area contributed by atoms with Crippen LogP contribution in [0.1, 0.15) is 83.0 Å². The van der Waals surface area contributed by atoms with Crippen LogP contribution >= 0.6 is 0 Å². The average Bonchev–Trinajstić information content (AvgIpc) is 3.40. The Balaban J connectivity index is 1.83. The van der Waals surface area contributed by atoms with Gasteiger partial charge in [0.25, 0.3) is 22.7 Å². The Hall–Kier alpha value is -7.48. The van der Waals surface area contributed by atoms with Gasteiger partial charge in [-0.15, -0.1) is 0 Å². The molecule has 69 heavy (non-hydrogen) atoms. The Labute approximate surface area is 381 Å². The summed E-state index contributed by atoms with van der Waals surface area (Å²) in [5.41, 5.74) is -8.67. The molecule has 0 atom stereocenters. The van der Waals surface area contributed by atoms with E-state index in [0.717, 1.165) is 48.5 Å². The van der Waals surface area contributed by atoms with Gasteiger partial charge in [0.2, 0.25) is 0 Å². The number of ether oxygens (including phenoxy) is 4. The van der Waals surface area contributed by atoms with Gasteiger partial charge in [0, 0.05) is 125 Å². The van der Waals surface area contributed by atoms with Gasteiger partial charge in [0.05, 0.1) is 44.9 Å². The van der Waals surface area contributed by atoms with Crippen LogP contribution in [0.4, 0.5) is 62.3 Å². The van der Waals surface area contributed by atoms with Crippen LogP contribution in [0, 0.1) is 40.5 Å². The van der Waals surface area contributed by atoms with Gasteiger partial charge in [-0.25, -0.2) is 4.79 Å². The minimum Gasteiger partial charge on any atom is -0.493 e. The topological polar surface area (TPSA) is 247 Å². The molecule has 4 aromatic rings. The molecule has 2 aliphatic rings. The highest BCUT2D eigenvalue weighted by Crippen LogP contribution is 2.60. The number of nitrogens with zero attached hydrogens (tertiary/aromatic N) is 4. The average molecular weight is 991 g/mol. The molecule has 1 N–H and O–H groups in total. The van der Waals surface area contributed by atoms with Gasteiger partial charge < -0.3 is 24.1 Å². The molecule has 18 nitrogen and oxygen atoms in total.